The first-order valence-corrected chi connectivity index (χ1v) is 5.93. The zero-order valence-corrected chi connectivity index (χ0v) is 11.4. The highest BCUT2D eigenvalue weighted by atomic mass is 16.4. The van der Waals surface area contributed by atoms with Crippen LogP contribution in [0.25, 0.3) is 0 Å². The number of aryl methyl sites for hydroxylation is 1. The summed E-state index contributed by atoms with van der Waals surface area (Å²) in [4.78, 5) is 18.7. The summed E-state index contributed by atoms with van der Waals surface area (Å²) < 4.78 is 0. The van der Waals surface area contributed by atoms with Gasteiger partial charge in [0.1, 0.15) is 18.4 Å². The Labute approximate surface area is 112 Å². The minimum atomic E-state index is -0.939. The van der Waals surface area contributed by atoms with E-state index in [-0.39, 0.29) is 6.54 Å². The van der Waals surface area contributed by atoms with Gasteiger partial charge in [-0.1, -0.05) is 0 Å². The van der Waals surface area contributed by atoms with Crippen LogP contribution in [0.5, 0.6) is 0 Å². The monoisotopic (exact) mass is 262 g/mol. The Morgan fingerprint density at radius 1 is 1.47 bits per heavy atom. The fourth-order valence-corrected chi connectivity index (χ4v) is 1.67. The summed E-state index contributed by atoms with van der Waals surface area (Å²) in [6, 6.07) is 3.84. The Balaban J connectivity index is 3.06. The van der Waals surface area contributed by atoms with Crippen molar-refractivity contribution in [2.75, 3.05) is 38.6 Å². The number of carbonyl (C=O) groups is 1. The lowest BCUT2D eigenvalue weighted by molar-refractivity contribution is -0.135. The molecule has 1 N–H and O–H groups in total. The topological polar surface area (TPSA) is 80.5 Å². The van der Waals surface area contributed by atoms with Gasteiger partial charge in [-0.3, -0.25) is 4.79 Å². The average Bonchev–Trinajstić information content (AvgIpc) is 2.33. The van der Waals surface area contributed by atoms with Gasteiger partial charge in [0.15, 0.2) is 0 Å². The van der Waals surface area contributed by atoms with Gasteiger partial charge < -0.3 is 14.9 Å². The molecule has 0 aliphatic rings. The van der Waals surface area contributed by atoms with Crippen molar-refractivity contribution in [1.82, 2.24) is 9.88 Å². The molecule has 0 aliphatic heterocycles. The highest BCUT2D eigenvalue weighted by Gasteiger charge is 2.17. The molecule has 0 bridgehead atoms. The second-order valence-corrected chi connectivity index (χ2v) is 4.56. The predicted octanol–water partition coefficient (Wildman–Crippen LogP) is 0.714. The van der Waals surface area contributed by atoms with E-state index in [1.54, 1.807) is 17.2 Å². The molecule has 19 heavy (non-hydrogen) atoms. The Bertz CT molecular complexity index is 494. The van der Waals surface area contributed by atoms with Gasteiger partial charge >= 0.3 is 5.97 Å². The summed E-state index contributed by atoms with van der Waals surface area (Å²) in [5, 5.41) is 18.2. The molecule has 0 atom stereocenters. The molecule has 6 heteroatoms. The number of anilines is 1. The predicted molar refractivity (Wildman–Crippen MR) is 72.1 cm³/mol. The third-order valence-corrected chi connectivity index (χ3v) is 2.69. The fraction of sp³-hybridized carbons (Fsp3) is 0.462. The van der Waals surface area contributed by atoms with Crippen LogP contribution in [-0.4, -0.2) is 54.7 Å². The van der Waals surface area contributed by atoms with Crippen molar-refractivity contribution in [3.63, 3.8) is 0 Å². The molecule has 0 fully saturated rings. The smallest absolute Gasteiger partial charge is 0.323 e. The van der Waals surface area contributed by atoms with Gasteiger partial charge in [-0.2, -0.15) is 5.26 Å². The molecule has 1 aromatic rings. The van der Waals surface area contributed by atoms with Crippen molar-refractivity contribution >= 4 is 11.8 Å². The van der Waals surface area contributed by atoms with Gasteiger partial charge in [-0.05, 0) is 32.6 Å². The first-order valence-electron chi connectivity index (χ1n) is 5.93. The first-order chi connectivity index (χ1) is 8.95. The van der Waals surface area contributed by atoms with Crippen molar-refractivity contribution in [3.05, 3.63) is 23.4 Å². The van der Waals surface area contributed by atoms with Crippen molar-refractivity contribution in [3.8, 4) is 6.07 Å². The molecule has 0 saturated heterocycles. The van der Waals surface area contributed by atoms with Gasteiger partial charge in [0.2, 0.25) is 0 Å². The van der Waals surface area contributed by atoms with Crippen LogP contribution >= 0.6 is 0 Å². The molecule has 0 radical (unpaired) electrons. The lowest BCUT2D eigenvalue weighted by Gasteiger charge is -2.24. The van der Waals surface area contributed by atoms with Crippen molar-refractivity contribution in [2.45, 2.75) is 6.92 Å². The van der Waals surface area contributed by atoms with Crippen LogP contribution in [0.15, 0.2) is 12.3 Å². The molecule has 6 nitrogen and oxygen atoms in total. The van der Waals surface area contributed by atoms with Crippen LogP contribution in [0.1, 0.15) is 11.1 Å². The van der Waals surface area contributed by atoms with Gasteiger partial charge in [-0.25, -0.2) is 4.98 Å². The maximum atomic E-state index is 10.9. The Morgan fingerprint density at radius 3 is 2.68 bits per heavy atom. The van der Waals surface area contributed by atoms with Crippen LogP contribution < -0.4 is 4.90 Å². The van der Waals surface area contributed by atoms with E-state index >= 15 is 0 Å². The number of carboxylic acids is 1. The van der Waals surface area contributed by atoms with E-state index in [1.165, 1.54) is 0 Å². The molecule has 1 rings (SSSR count). The molecule has 102 valence electrons. The first kappa shape index (κ1) is 14.9. The van der Waals surface area contributed by atoms with Crippen LogP contribution in [0.2, 0.25) is 0 Å². The van der Waals surface area contributed by atoms with Crippen LogP contribution in [-0.2, 0) is 4.79 Å². The minimum absolute atomic E-state index is 0.168. The second kappa shape index (κ2) is 6.71. The number of aliphatic carboxylic acids is 1. The van der Waals surface area contributed by atoms with E-state index in [4.69, 9.17) is 5.11 Å². The summed E-state index contributed by atoms with van der Waals surface area (Å²) in [6.07, 6.45) is 1.59. The van der Waals surface area contributed by atoms with Gasteiger partial charge in [0.25, 0.3) is 0 Å². The number of rotatable bonds is 6. The van der Waals surface area contributed by atoms with E-state index in [1.807, 2.05) is 25.9 Å². The van der Waals surface area contributed by atoms with Gasteiger partial charge in [-0.15, -0.1) is 0 Å². The third kappa shape index (κ3) is 4.23. The number of nitrogens with zero attached hydrogens (tertiary/aromatic N) is 4. The average molecular weight is 262 g/mol. The maximum absolute atomic E-state index is 10.9. The molecule has 0 spiro atoms. The molecule has 0 unspecified atom stereocenters. The fourth-order valence-electron chi connectivity index (χ4n) is 1.67. The summed E-state index contributed by atoms with van der Waals surface area (Å²) in [6.45, 7) is 2.84. The minimum Gasteiger partial charge on any atom is -0.480 e. The van der Waals surface area contributed by atoms with Gasteiger partial charge in [0.05, 0.1) is 5.56 Å². The number of likely N-dealkylation sites (N-methyl/N-ethyl adjacent to an activating group) is 1. The second-order valence-electron chi connectivity index (χ2n) is 4.56. The molecule has 0 amide bonds. The third-order valence-electron chi connectivity index (χ3n) is 2.69. The standard InChI is InChI=1S/C13H18N4O2/c1-10-4-5-15-13(11(10)8-14)17(9-12(18)19)7-6-16(2)3/h4-5H,6-7,9H2,1-3H3,(H,18,19). The Hall–Kier alpha value is -2.13. The molecule has 0 aromatic carbocycles. The zero-order valence-electron chi connectivity index (χ0n) is 11.4. The van der Waals surface area contributed by atoms with E-state index in [2.05, 4.69) is 11.1 Å². The summed E-state index contributed by atoms with van der Waals surface area (Å²) in [5.41, 5.74) is 1.23. The highest BCUT2D eigenvalue weighted by Crippen LogP contribution is 2.19. The molecular weight excluding hydrogens is 244 g/mol. The van der Waals surface area contributed by atoms with Crippen molar-refractivity contribution in [1.29, 1.82) is 5.26 Å². The van der Waals surface area contributed by atoms with Gasteiger partial charge in [0, 0.05) is 19.3 Å². The Morgan fingerprint density at radius 2 is 2.16 bits per heavy atom. The summed E-state index contributed by atoms with van der Waals surface area (Å²) in [7, 11) is 3.82. The molecular formula is C13H18N4O2. The van der Waals surface area contributed by atoms with Crippen molar-refractivity contribution < 1.29 is 9.90 Å². The van der Waals surface area contributed by atoms with Crippen LogP contribution in [0.3, 0.4) is 0 Å². The van der Waals surface area contributed by atoms with E-state index in [0.717, 1.165) is 5.56 Å². The zero-order chi connectivity index (χ0) is 14.4. The van der Waals surface area contributed by atoms with Crippen molar-refractivity contribution in [2.24, 2.45) is 0 Å². The number of aromatic nitrogens is 1. The summed E-state index contributed by atoms with van der Waals surface area (Å²) >= 11 is 0. The SMILES string of the molecule is Cc1ccnc(N(CCN(C)C)CC(=O)O)c1C#N. The number of nitriles is 1. The van der Waals surface area contributed by atoms with E-state index in [9.17, 15) is 10.1 Å². The normalized spacial score (nSPS) is 10.3. The molecule has 1 aromatic heterocycles. The summed E-state index contributed by atoms with van der Waals surface area (Å²) in [5.74, 6) is -0.502. The number of hydrogen-bond donors (Lipinski definition) is 1. The largest absolute Gasteiger partial charge is 0.480 e. The highest BCUT2D eigenvalue weighted by molar-refractivity contribution is 5.74. The molecule has 0 saturated carbocycles. The number of carboxylic acid groups (broad SMARTS) is 1. The lowest BCUT2D eigenvalue weighted by Crippen LogP contribution is -2.36. The quantitative estimate of drug-likeness (QED) is 0.813. The lowest BCUT2D eigenvalue weighted by atomic mass is 10.1. The maximum Gasteiger partial charge on any atom is 0.323 e. The molecule has 0 aliphatic carbocycles. The number of pyridine rings is 1. The van der Waals surface area contributed by atoms with E-state index in [0.29, 0.717) is 24.5 Å². The van der Waals surface area contributed by atoms with E-state index < -0.39 is 5.97 Å². The van der Waals surface area contributed by atoms with Crippen LogP contribution in [0.4, 0.5) is 5.82 Å². The number of hydrogen-bond acceptors (Lipinski definition) is 5. The molecule has 1 heterocycles. The Kier molecular flexibility index (Phi) is 5.27. The van der Waals surface area contributed by atoms with Crippen LogP contribution in [0, 0.1) is 18.3 Å².